The van der Waals surface area contributed by atoms with Gasteiger partial charge >= 0.3 is 0 Å². The molecule has 0 aliphatic carbocycles. The van der Waals surface area contributed by atoms with E-state index in [0.29, 0.717) is 24.6 Å². The number of hydrogen-bond donors (Lipinski definition) is 2. The van der Waals surface area contributed by atoms with Crippen molar-refractivity contribution in [2.24, 2.45) is 5.92 Å². The van der Waals surface area contributed by atoms with Crippen LogP contribution in [0, 0.1) is 11.7 Å². The zero-order chi connectivity index (χ0) is 12.7. The lowest BCUT2D eigenvalue weighted by Gasteiger charge is -2.08. The molecular formula is C13H19FN2O. The van der Waals surface area contributed by atoms with Gasteiger partial charge in [-0.3, -0.25) is 4.79 Å². The number of hydrogen-bond acceptors (Lipinski definition) is 2. The third-order valence-electron chi connectivity index (χ3n) is 2.27. The number of rotatable bonds is 6. The molecule has 0 aliphatic rings. The number of nitrogens with one attached hydrogen (secondary N) is 2. The second-order valence-corrected chi connectivity index (χ2v) is 4.39. The van der Waals surface area contributed by atoms with Gasteiger partial charge in [0.1, 0.15) is 5.82 Å². The number of halogens is 1. The van der Waals surface area contributed by atoms with Crippen molar-refractivity contribution in [3.8, 4) is 0 Å². The van der Waals surface area contributed by atoms with E-state index < -0.39 is 0 Å². The number of carbonyl (C=O) groups is 1. The van der Waals surface area contributed by atoms with Gasteiger partial charge < -0.3 is 10.6 Å². The van der Waals surface area contributed by atoms with Gasteiger partial charge in [0, 0.05) is 18.7 Å². The molecule has 2 N–H and O–H groups in total. The van der Waals surface area contributed by atoms with Crippen molar-refractivity contribution in [2.75, 3.05) is 13.1 Å². The minimum absolute atomic E-state index is 0.0601. The van der Waals surface area contributed by atoms with E-state index in [0.717, 1.165) is 0 Å². The van der Waals surface area contributed by atoms with Crippen LogP contribution in [0.15, 0.2) is 24.3 Å². The number of benzene rings is 1. The lowest BCUT2D eigenvalue weighted by Crippen LogP contribution is -2.35. The monoisotopic (exact) mass is 238 g/mol. The SMILES string of the molecule is CC(C)CNC(=O)CNCc1ccccc1F. The smallest absolute Gasteiger partial charge is 0.233 e. The largest absolute Gasteiger partial charge is 0.355 e. The predicted molar refractivity (Wildman–Crippen MR) is 66.0 cm³/mol. The minimum Gasteiger partial charge on any atom is -0.355 e. The van der Waals surface area contributed by atoms with Gasteiger partial charge in [-0.15, -0.1) is 0 Å². The third-order valence-corrected chi connectivity index (χ3v) is 2.27. The van der Waals surface area contributed by atoms with Crippen molar-refractivity contribution in [3.05, 3.63) is 35.6 Å². The molecule has 0 bridgehead atoms. The maximum Gasteiger partial charge on any atom is 0.233 e. The van der Waals surface area contributed by atoms with E-state index in [-0.39, 0.29) is 18.3 Å². The highest BCUT2D eigenvalue weighted by Gasteiger charge is 2.03. The molecule has 4 heteroatoms. The summed E-state index contributed by atoms with van der Waals surface area (Å²) < 4.78 is 13.2. The Balaban J connectivity index is 2.24. The van der Waals surface area contributed by atoms with Gasteiger partial charge in [-0.2, -0.15) is 0 Å². The van der Waals surface area contributed by atoms with E-state index in [1.54, 1.807) is 18.2 Å². The molecule has 17 heavy (non-hydrogen) atoms. The van der Waals surface area contributed by atoms with E-state index >= 15 is 0 Å². The summed E-state index contributed by atoms with van der Waals surface area (Å²) in [5.41, 5.74) is 0.573. The highest BCUT2D eigenvalue weighted by Crippen LogP contribution is 2.04. The van der Waals surface area contributed by atoms with Gasteiger partial charge in [0.15, 0.2) is 0 Å². The molecule has 0 saturated carbocycles. The molecule has 3 nitrogen and oxygen atoms in total. The average Bonchev–Trinajstić information content (AvgIpc) is 2.29. The summed E-state index contributed by atoms with van der Waals surface area (Å²) >= 11 is 0. The molecule has 0 radical (unpaired) electrons. The van der Waals surface area contributed by atoms with Gasteiger partial charge in [0.2, 0.25) is 5.91 Å². The Bertz CT molecular complexity index is 366. The van der Waals surface area contributed by atoms with Crippen molar-refractivity contribution in [1.82, 2.24) is 10.6 Å². The van der Waals surface area contributed by atoms with Crippen molar-refractivity contribution < 1.29 is 9.18 Å². The predicted octanol–water partition coefficient (Wildman–Crippen LogP) is 1.69. The molecule has 1 amide bonds. The Hall–Kier alpha value is -1.42. The molecule has 94 valence electrons. The van der Waals surface area contributed by atoms with Crippen LogP contribution < -0.4 is 10.6 Å². The molecule has 0 aromatic heterocycles. The second kappa shape index (κ2) is 7.01. The van der Waals surface area contributed by atoms with Gasteiger partial charge in [0.05, 0.1) is 6.54 Å². The van der Waals surface area contributed by atoms with Crippen LogP contribution in [-0.2, 0) is 11.3 Å². The first kappa shape index (κ1) is 13.6. The van der Waals surface area contributed by atoms with Crippen LogP contribution in [0.5, 0.6) is 0 Å². The summed E-state index contributed by atoms with van der Waals surface area (Å²) in [5, 5.41) is 5.70. The maximum absolute atomic E-state index is 13.2. The minimum atomic E-state index is -0.248. The molecule has 1 aromatic rings. The Kier molecular flexibility index (Phi) is 5.63. The molecule has 0 unspecified atom stereocenters. The fourth-order valence-corrected chi connectivity index (χ4v) is 1.33. The van der Waals surface area contributed by atoms with Crippen LogP contribution >= 0.6 is 0 Å². The third kappa shape index (κ3) is 5.45. The normalized spacial score (nSPS) is 10.6. The van der Waals surface area contributed by atoms with Crippen LogP contribution in [0.25, 0.3) is 0 Å². The summed E-state index contributed by atoms with van der Waals surface area (Å²) in [7, 11) is 0. The van der Waals surface area contributed by atoms with E-state index in [1.807, 2.05) is 13.8 Å². The van der Waals surface area contributed by atoms with Crippen LogP contribution in [0.2, 0.25) is 0 Å². The first-order valence-corrected chi connectivity index (χ1v) is 5.80. The van der Waals surface area contributed by atoms with Crippen LogP contribution in [0.4, 0.5) is 4.39 Å². The molecule has 0 fully saturated rings. The standard InChI is InChI=1S/C13H19FN2O/c1-10(2)7-16-13(17)9-15-8-11-5-3-4-6-12(11)14/h3-6,10,15H,7-9H2,1-2H3,(H,16,17). The number of amides is 1. The fourth-order valence-electron chi connectivity index (χ4n) is 1.33. The Morgan fingerprint density at radius 2 is 2.06 bits per heavy atom. The summed E-state index contributed by atoms with van der Waals surface area (Å²) in [5.74, 6) is 0.128. The van der Waals surface area contributed by atoms with Gasteiger partial charge in [0.25, 0.3) is 0 Å². The molecule has 0 saturated heterocycles. The van der Waals surface area contributed by atoms with E-state index in [1.165, 1.54) is 6.07 Å². The summed E-state index contributed by atoms with van der Waals surface area (Å²) in [6.07, 6.45) is 0. The topological polar surface area (TPSA) is 41.1 Å². The Labute approximate surface area is 101 Å². The van der Waals surface area contributed by atoms with Crippen LogP contribution in [-0.4, -0.2) is 19.0 Å². The first-order chi connectivity index (χ1) is 8.09. The van der Waals surface area contributed by atoms with E-state index in [2.05, 4.69) is 10.6 Å². The Morgan fingerprint density at radius 3 is 2.71 bits per heavy atom. The quantitative estimate of drug-likeness (QED) is 0.792. The molecule has 0 atom stereocenters. The van der Waals surface area contributed by atoms with Gasteiger partial charge in [-0.25, -0.2) is 4.39 Å². The van der Waals surface area contributed by atoms with Gasteiger partial charge in [-0.1, -0.05) is 32.0 Å². The second-order valence-electron chi connectivity index (χ2n) is 4.39. The van der Waals surface area contributed by atoms with Crippen LogP contribution in [0.1, 0.15) is 19.4 Å². The maximum atomic E-state index is 13.2. The highest BCUT2D eigenvalue weighted by atomic mass is 19.1. The summed E-state index contributed by atoms with van der Waals surface area (Å²) in [6, 6.07) is 6.54. The van der Waals surface area contributed by atoms with E-state index in [4.69, 9.17) is 0 Å². The number of carbonyl (C=O) groups excluding carboxylic acids is 1. The molecule has 1 aromatic carbocycles. The zero-order valence-electron chi connectivity index (χ0n) is 10.3. The van der Waals surface area contributed by atoms with Crippen molar-refractivity contribution in [3.63, 3.8) is 0 Å². The lowest BCUT2D eigenvalue weighted by atomic mass is 10.2. The van der Waals surface area contributed by atoms with Crippen molar-refractivity contribution in [1.29, 1.82) is 0 Å². The Morgan fingerprint density at radius 1 is 1.35 bits per heavy atom. The average molecular weight is 238 g/mol. The zero-order valence-corrected chi connectivity index (χ0v) is 10.3. The molecule has 0 aliphatic heterocycles. The molecule has 1 rings (SSSR count). The summed E-state index contributed by atoms with van der Waals surface area (Å²) in [6.45, 7) is 5.31. The fraction of sp³-hybridized carbons (Fsp3) is 0.462. The van der Waals surface area contributed by atoms with Crippen LogP contribution in [0.3, 0.4) is 0 Å². The first-order valence-electron chi connectivity index (χ1n) is 5.80. The highest BCUT2D eigenvalue weighted by molar-refractivity contribution is 5.77. The lowest BCUT2D eigenvalue weighted by molar-refractivity contribution is -0.120. The van der Waals surface area contributed by atoms with Crippen molar-refractivity contribution in [2.45, 2.75) is 20.4 Å². The molecule has 0 spiro atoms. The van der Waals surface area contributed by atoms with E-state index in [9.17, 15) is 9.18 Å². The molecule has 0 heterocycles. The summed E-state index contributed by atoms with van der Waals surface area (Å²) in [4.78, 5) is 11.4. The van der Waals surface area contributed by atoms with Gasteiger partial charge in [-0.05, 0) is 12.0 Å². The van der Waals surface area contributed by atoms with Crippen molar-refractivity contribution >= 4 is 5.91 Å². The molecular weight excluding hydrogens is 219 g/mol.